The molecule has 27 heavy (non-hydrogen) atoms. The van der Waals surface area contributed by atoms with E-state index in [1.165, 1.54) is 7.11 Å². The maximum Gasteiger partial charge on any atom is 0.337 e. The van der Waals surface area contributed by atoms with Crippen molar-refractivity contribution in [2.75, 3.05) is 7.11 Å². The second-order valence-electron chi connectivity index (χ2n) is 6.49. The van der Waals surface area contributed by atoms with E-state index in [0.29, 0.717) is 12.1 Å². The number of benzene rings is 2. The number of nitrogens with two attached hydrogens (primary N) is 1. The van der Waals surface area contributed by atoms with E-state index in [1.54, 1.807) is 12.1 Å². The van der Waals surface area contributed by atoms with Crippen molar-refractivity contribution in [2.45, 2.75) is 25.6 Å². The highest BCUT2D eigenvalue weighted by molar-refractivity contribution is 5.89. The van der Waals surface area contributed by atoms with Crippen LogP contribution in [-0.4, -0.2) is 24.2 Å². The summed E-state index contributed by atoms with van der Waals surface area (Å²) < 4.78 is 10.6. The molecule has 0 saturated heterocycles. The van der Waals surface area contributed by atoms with Gasteiger partial charge >= 0.3 is 5.97 Å². The SMILES string of the molecule is COC(=O)c1ccc(-c2ccc(C[NH2+][C@@H](C)[C@H](O)c3ccccc3)o2)cc1. The largest absolute Gasteiger partial charge is 0.465 e. The average Bonchev–Trinajstić information content (AvgIpc) is 3.20. The molecule has 0 radical (unpaired) electrons. The molecule has 140 valence electrons. The Morgan fingerprint density at radius 2 is 1.78 bits per heavy atom. The highest BCUT2D eigenvalue weighted by Gasteiger charge is 2.19. The third-order valence-electron chi connectivity index (χ3n) is 4.58. The summed E-state index contributed by atoms with van der Waals surface area (Å²) >= 11 is 0. The van der Waals surface area contributed by atoms with Crippen molar-refractivity contribution in [1.82, 2.24) is 0 Å². The maximum absolute atomic E-state index is 11.5. The van der Waals surface area contributed by atoms with E-state index in [2.05, 4.69) is 5.32 Å². The van der Waals surface area contributed by atoms with Gasteiger partial charge in [0.05, 0.1) is 12.7 Å². The number of quaternary nitrogens is 1. The molecule has 0 fully saturated rings. The Morgan fingerprint density at radius 3 is 2.44 bits per heavy atom. The fourth-order valence-corrected chi connectivity index (χ4v) is 2.92. The molecule has 1 heterocycles. The molecule has 0 aliphatic rings. The van der Waals surface area contributed by atoms with Gasteiger partial charge in [0, 0.05) is 5.56 Å². The molecule has 3 rings (SSSR count). The summed E-state index contributed by atoms with van der Waals surface area (Å²) in [6, 6.07) is 20.6. The van der Waals surface area contributed by atoms with Crippen LogP contribution in [0.25, 0.3) is 11.3 Å². The first kappa shape index (κ1) is 18.9. The molecule has 3 N–H and O–H groups in total. The second kappa shape index (κ2) is 8.66. The van der Waals surface area contributed by atoms with Gasteiger partial charge in [-0.05, 0) is 36.8 Å². The number of carbonyl (C=O) groups excluding carboxylic acids is 1. The highest BCUT2D eigenvalue weighted by Crippen LogP contribution is 2.22. The molecule has 0 saturated carbocycles. The molecule has 2 atom stereocenters. The smallest absolute Gasteiger partial charge is 0.337 e. The van der Waals surface area contributed by atoms with Crippen molar-refractivity contribution < 1.29 is 24.4 Å². The molecule has 5 heteroatoms. The standard InChI is InChI=1S/C22H23NO4/c1-15(21(24)17-6-4-3-5-7-17)23-14-19-12-13-20(27-19)16-8-10-18(11-9-16)22(25)26-2/h3-13,15,21,23-24H,14H2,1-2H3/p+1/t15-,21-/m0/s1. The number of hydrogen-bond acceptors (Lipinski definition) is 4. The first-order valence-electron chi connectivity index (χ1n) is 8.92. The van der Waals surface area contributed by atoms with Crippen molar-refractivity contribution in [2.24, 2.45) is 0 Å². The molecule has 0 amide bonds. The Kier molecular flexibility index (Phi) is 6.06. The number of aliphatic hydroxyl groups excluding tert-OH is 1. The number of esters is 1. The molecule has 2 aromatic carbocycles. The fourth-order valence-electron chi connectivity index (χ4n) is 2.92. The van der Waals surface area contributed by atoms with Gasteiger partial charge in [-0.2, -0.15) is 0 Å². The van der Waals surface area contributed by atoms with Crippen molar-refractivity contribution in [3.8, 4) is 11.3 Å². The monoisotopic (exact) mass is 366 g/mol. The Morgan fingerprint density at radius 1 is 1.07 bits per heavy atom. The van der Waals surface area contributed by atoms with Gasteiger partial charge in [0.25, 0.3) is 0 Å². The Hall–Kier alpha value is -2.89. The quantitative estimate of drug-likeness (QED) is 0.631. The van der Waals surface area contributed by atoms with Crippen LogP contribution in [0.4, 0.5) is 0 Å². The van der Waals surface area contributed by atoms with Crippen molar-refractivity contribution >= 4 is 5.97 Å². The number of ether oxygens (including phenoxy) is 1. The molecule has 0 spiro atoms. The lowest BCUT2D eigenvalue weighted by molar-refractivity contribution is -0.710. The lowest BCUT2D eigenvalue weighted by Gasteiger charge is -2.17. The van der Waals surface area contributed by atoms with Gasteiger partial charge in [0.1, 0.15) is 24.5 Å². The maximum atomic E-state index is 11.5. The topological polar surface area (TPSA) is 76.3 Å². The van der Waals surface area contributed by atoms with Crippen molar-refractivity contribution in [3.05, 3.63) is 83.6 Å². The average molecular weight is 366 g/mol. The van der Waals surface area contributed by atoms with E-state index in [4.69, 9.17) is 9.15 Å². The number of hydrogen-bond donors (Lipinski definition) is 2. The van der Waals surface area contributed by atoms with Crippen LogP contribution < -0.4 is 5.32 Å². The predicted octanol–water partition coefficient (Wildman–Crippen LogP) is 2.92. The first-order valence-corrected chi connectivity index (χ1v) is 8.92. The number of rotatable bonds is 7. The molecular formula is C22H24NO4+. The van der Waals surface area contributed by atoms with Gasteiger partial charge in [-0.1, -0.05) is 42.5 Å². The van der Waals surface area contributed by atoms with E-state index in [1.807, 2.05) is 61.5 Å². The summed E-state index contributed by atoms with van der Waals surface area (Å²) in [5.41, 5.74) is 2.31. The number of carbonyl (C=O) groups is 1. The summed E-state index contributed by atoms with van der Waals surface area (Å²) in [5.74, 6) is 1.21. The second-order valence-corrected chi connectivity index (χ2v) is 6.49. The molecule has 5 nitrogen and oxygen atoms in total. The van der Waals surface area contributed by atoms with E-state index < -0.39 is 6.10 Å². The fraction of sp³-hybridized carbons (Fsp3) is 0.227. The minimum absolute atomic E-state index is 0.000268. The van der Waals surface area contributed by atoms with Crippen LogP contribution in [-0.2, 0) is 11.3 Å². The zero-order valence-electron chi connectivity index (χ0n) is 15.5. The van der Waals surface area contributed by atoms with Gasteiger partial charge in [0.15, 0.2) is 5.76 Å². The van der Waals surface area contributed by atoms with Crippen LogP contribution in [0.5, 0.6) is 0 Å². The molecular weight excluding hydrogens is 342 g/mol. The first-order chi connectivity index (χ1) is 13.1. The van der Waals surface area contributed by atoms with E-state index in [-0.39, 0.29) is 12.0 Å². The van der Waals surface area contributed by atoms with Crippen LogP contribution in [0.3, 0.4) is 0 Å². The van der Waals surface area contributed by atoms with Gasteiger partial charge in [-0.25, -0.2) is 4.79 Å². The third kappa shape index (κ3) is 4.64. The van der Waals surface area contributed by atoms with Crippen molar-refractivity contribution in [1.29, 1.82) is 0 Å². The number of aliphatic hydroxyl groups is 1. The van der Waals surface area contributed by atoms with E-state index in [0.717, 1.165) is 22.6 Å². The third-order valence-corrected chi connectivity index (χ3v) is 4.58. The van der Waals surface area contributed by atoms with Crippen LogP contribution in [0.1, 0.15) is 34.7 Å². The van der Waals surface area contributed by atoms with Crippen LogP contribution in [0.15, 0.2) is 71.1 Å². The Bertz CT molecular complexity index is 871. The van der Waals surface area contributed by atoms with Crippen molar-refractivity contribution in [3.63, 3.8) is 0 Å². The summed E-state index contributed by atoms with van der Waals surface area (Å²) in [6.07, 6.45) is -0.536. The van der Waals surface area contributed by atoms with E-state index in [9.17, 15) is 9.90 Å². The predicted molar refractivity (Wildman–Crippen MR) is 102 cm³/mol. The van der Waals surface area contributed by atoms with Gasteiger partial charge in [-0.15, -0.1) is 0 Å². The molecule has 0 bridgehead atoms. The Labute approximate surface area is 158 Å². The molecule has 0 aliphatic carbocycles. The Balaban J connectivity index is 1.60. The zero-order chi connectivity index (χ0) is 19.2. The molecule has 3 aromatic rings. The lowest BCUT2D eigenvalue weighted by Crippen LogP contribution is -2.88. The van der Waals surface area contributed by atoms with Gasteiger partial charge in [-0.3, -0.25) is 0 Å². The van der Waals surface area contributed by atoms with Crippen LogP contribution in [0.2, 0.25) is 0 Å². The minimum Gasteiger partial charge on any atom is -0.465 e. The summed E-state index contributed by atoms with van der Waals surface area (Å²) in [7, 11) is 1.36. The minimum atomic E-state index is -0.536. The summed E-state index contributed by atoms with van der Waals surface area (Å²) in [4.78, 5) is 11.5. The summed E-state index contributed by atoms with van der Waals surface area (Å²) in [5, 5.41) is 12.5. The summed E-state index contributed by atoms with van der Waals surface area (Å²) in [6.45, 7) is 2.62. The molecule has 1 aromatic heterocycles. The van der Waals surface area contributed by atoms with Gasteiger partial charge < -0.3 is 19.6 Å². The highest BCUT2D eigenvalue weighted by atomic mass is 16.5. The number of methoxy groups -OCH3 is 1. The number of furan rings is 1. The van der Waals surface area contributed by atoms with E-state index >= 15 is 0 Å². The zero-order valence-corrected chi connectivity index (χ0v) is 15.5. The molecule has 0 unspecified atom stereocenters. The van der Waals surface area contributed by atoms with Crippen LogP contribution in [0, 0.1) is 0 Å². The van der Waals surface area contributed by atoms with Crippen LogP contribution >= 0.6 is 0 Å². The molecule has 0 aliphatic heterocycles. The normalized spacial score (nSPS) is 13.1. The lowest BCUT2D eigenvalue weighted by atomic mass is 10.0. The van der Waals surface area contributed by atoms with Gasteiger partial charge in [0.2, 0.25) is 0 Å².